The molecule has 11 N–H and O–H groups in total. The van der Waals surface area contributed by atoms with Crippen molar-refractivity contribution in [2.75, 3.05) is 31.2 Å². The lowest BCUT2D eigenvalue weighted by atomic mass is 9.81. The van der Waals surface area contributed by atoms with Crippen molar-refractivity contribution in [3.05, 3.63) is 125 Å². The highest BCUT2D eigenvalue weighted by Crippen LogP contribution is 2.33. The highest BCUT2D eigenvalue weighted by Gasteiger charge is 2.39. The molecule has 2 aliphatic carbocycles. The van der Waals surface area contributed by atoms with E-state index in [2.05, 4.69) is 42.5 Å². The summed E-state index contributed by atoms with van der Waals surface area (Å²) in [6, 6.07) is 15.5. The Morgan fingerprint density at radius 3 is 1.98 bits per heavy atom. The van der Waals surface area contributed by atoms with E-state index in [-0.39, 0.29) is 80.9 Å². The zero-order valence-electron chi connectivity index (χ0n) is 53.8. The number of amides is 10. The van der Waals surface area contributed by atoms with Crippen molar-refractivity contribution in [2.24, 2.45) is 17.8 Å². The van der Waals surface area contributed by atoms with E-state index in [4.69, 9.17) is 4.74 Å². The van der Waals surface area contributed by atoms with E-state index in [0.29, 0.717) is 48.8 Å². The van der Waals surface area contributed by atoms with Crippen LogP contribution >= 0.6 is 21.6 Å². The first kappa shape index (κ1) is 73.5. The van der Waals surface area contributed by atoms with Gasteiger partial charge in [0.05, 0.1) is 30.9 Å². The van der Waals surface area contributed by atoms with E-state index in [1.165, 1.54) is 30.9 Å². The fraction of sp³-hybridized carbons (Fsp3) is 0.515. The third-order valence-corrected chi connectivity index (χ3v) is 19.3. The minimum Gasteiger partial charge on any atom is -0.444 e. The van der Waals surface area contributed by atoms with E-state index in [1.54, 1.807) is 81.4 Å². The van der Waals surface area contributed by atoms with Gasteiger partial charge in [-0.05, 0) is 126 Å². The van der Waals surface area contributed by atoms with Crippen molar-refractivity contribution in [3.63, 3.8) is 0 Å². The Balaban J connectivity index is 1.23. The van der Waals surface area contributed by atoms with Crippen LogP contribution in [0.1, 0.15) is 115 Å². The molecule has 7 rings (SSSR count). The second-order valence-electron chi connectivity index (χ2n) is 25.4. The van der Waals surface area contributed by atoms with Gasteiger partial charge in [-0.15, -0.1) is 0 Å². The number of ether oxygens (including phenoxy) is 1. The topological polar surface area (TPSA) is 357 Å². The van der Waals surface area contributed by atoms with Crippen LogP contribution in [0.15, 0.2) is 103 Å². The first-order valence-electron chi connectivity index (χ1n) is 32.1. The lowest BCUT2D eigenvalue weighted by Crippen LogP contribution is -2.61. The number of allylic oxidation sites excluding steroid dienone is 1. The van der Waals surface area contributed by atoms with Crippen molar-refractivity contribution in [1.29, 1.82) is 0 Å². The normalized spacial score (nSPS) is 24.0. The van der Waals surface area contributed by atoms with Crippen LogP contribution in [-0.4, -0.2) is 177 Å². The van der Waals surface area contributed by atoms with Crippen LogP contribution in [0.3, 0.4) is 0 Å². The lowest BCUT2D eigenvalue weighted by Gasteiger charge is -2.31. The molecule has 26 heteroatoms. The lowest BCUT2D eigenvalue weighted by molar-refractivity contribution is -0.138. The number of alkyl carbamates (subject to hydrolysis) is 1. The molecule has 94 heavy (non-hydrogen) atoms. The molecule has 2 fully saturated rings. The summed E-state index contributed by atoms with van der Waals surface area (Å²) in [5.41, 5.74) is 3.09. The first-order valence-corrected chi connectivity index (χ1v) is 34.6. The van der Waals surface area contributed by atoms with Gasteiger partial charge in [0.2, 0.25) is 41.4 Å². The monoisotopic (exact) mass is 1340 g/mol. The van der Waals surface area contributed by atoms with Crippen molar-refractivity contribution in [2.45, 2.75) is 172 Å². The largest absolute Gasteiger partial charge is 0.444 e. The van der Waals surface area contributed by atoms with Gasteiger partial charge >= 0.3 is 6.09 Å². The molecule has 24 nitrogen and oxygen atoms in total. The molecule has 1 saturated heterocycles. The minimum absolute atomic E-state index is 0.00396. The molecule has 508 valence electrons. The molecule has 2 aliphatic heterocycles. The Kier molecular flexibility index (Phi) is 27.8. The maximum atomic E-state index is 15.3. The molecule has 0 spiro atoms. The van der Waals surface area contributed by atoms with Gasteiger partial charge in [0.1, 0.15) is 35.8 Å². The summed E-state index contributed by atoms with van der Waals surface area (Å²) in [6.07, 6.45) is 3.10. The van der Waals surface area contributed by atoms with Gasteiger partial charge in [0.25, 0.3) is 11.8 Å². The molecule has 4 aliphatic rings. The molecule has 10 amide bonds. The predicted molar refractivity (Wildman–Crippen MR) is 354 cm³/mol. The number of unbranched alkanes of at least 4 members (excludes halogenated alkanes) is 1. The number of imide groups is 1. The van der Waals surface area contributed by atoms with Crippen LogP contribution in [0.2, 0.25) is 0 Å². The van der Waals surface area contributed by atoms with Gasteiger partial charge in [0, 0.05) is 67.8 Å². The number of nitrogens with one attached hydrogen (secondary N) is 8. The first-order chi connectivity index (χ1) is 44.9. The molecule has 3 aromatic carbocycles. The summed E-state index contributed by atoms with van der Waals surface area (Å²) in [6.45, 7) is 7.34. The van der Waals surface area contributed by atoms with Gasteiger partial charge in [-0.3, -0.25) is 52.8 Å². The second-order valence-corrected chi connectivity index (χ2v) is 28.0. The highest BCUT2D eigenvalue weighted by atomic mass is 33.1. The summed E-state index contributed by atoms with van der Waals surface area (Å²) >= 11 is 0. The standard InChI is InChI=1S/C68H89N9O15S2/c1-40(79)53(37-78)73-65(89)55-39-94-93-38-54(74-63(87)51(33-43-18-10-7-11-19-43)71-60(84)46-25-23-44(24-26-46)36-77-57(82)29-30-58(77)83)56(81)35-48(32-42-16-8-6-9-17-42)61(85)72-52(34-47-28-27-45-20-12-13-21-49(45)47)64(88)70-50(62(86)76-59(41(2)80)66(90)75-55)22-14-15-31-69-67(91)92-68(3,4)5/h6-13,16-21,28-30,40-41,44,46,48,50-55,59,78-80H,14-15,22-27,31-39H2,1-5H3,(H,69,91)(H,70,88)(H,71,84)(H,72,85)(H,73,89)(H,74,87)(H,75,90)(H,76,86)/t40-,41-,44?,46?,48-,50+,51-,52-,53-,54+,55+,59+/m1/s1. The van der Waals surface area contributed by atoms with Crippen LogP contribution in [0, 0.1) is 17.8 Å². The third-order valence-electron chi connectivity index (χ3n) is 16.9. The van der Waals surface area contributed by atoms with Crippen molar-refractivity contribution in [1.82, 2.24) is 47.4 Å². The number of nitrogens with zero attached hydrogens (tertiary/aromatic N) is 1. The Bertz CT molecular complexity index is 3210. The summed E-state index contributed by atoms with van der Waals surface area (Å²) in [5.74, 6) is -9.12. The molecule has 10 atom stereocenters. The van der Waals surface area contributed by atoms with Gasteiger partial charge in [-0.2, -0.15) is 0 Å². The number of fused-ring (bicyclic) bond motifs is 1. The zero-order valence-corrected chi connectivity index (χ0v) is 55.4. The van der Waals surface area contributed by atoms with Gasteiger partial charge < -0.3 is 62.6 Å². The molecule has 0 aromatic heterocycles. The van der Waals surface area contributed by atoms with E-state index in [9.17, 15) is 48.9 Å². The number of ketones is 1. The Labute approximate surface area is 555 Å². The number of carbonyl (C=O) groups is 11. The van der Waals surface area contributed by atoms with E-state index in [0.717, 1.165) is 32.7 Å². The third kappa shape index (κ3) is 22.4. The van der Waals surface area contributed by atoms with E-state index in [1.807, 2.05) is 30.3 Å². The van der Waals surface area contributed by atoms with Gasteiger partial charge in [-0.25, -0.2) is 4.79 Å². The molecule has 0 bridgehead atoms. The number of carbonyl (C=O) groups excluding carboxylic acids is 11. The summed E-state index contributed by atoms with van der Waals surface area (Å²) in [4.78, 5) is 157. The van der Waals surface area contributed by atoms with Crippen molar-refractivity contribution >= 4 is 92.2 Å². The van der Waals surface area contributed by atoms with Gasteiger partial charge in [0.15, 0.2) is 5.78 Å². The highest BCUT2D eigenvalue weighted by molar-refractivity contribution is 8.76. The van der Waals surface area contributed by atoms with Crippen LogP contribution < -0.4 is 42.5 Å². The fourth-order valence-electron chi connectivity index (χ4n) is 11.6. The number of benzene rings is 3. The van der Waals surface area contributed by atoms with Crippen LogP contribution in [0.25, 0.3) is 5.57 Å². The maximum absolute atomic E-state index is 15.3. The average molecular weight is 1340 g/mol. The Morgan fingerprint density at radius 2 is 1.33 bits per heavy atom. The summed E-state index contributed by atoms with van der Waals surface area (Å²) < 4.78 is 5.36. The number of hydrogen-bond donors (Lipinski definition) is 11. The summed E-state index contributed by atoms with van der Waals surface area (Å²) in [7, 11) is 2.01. The van der Waals surface area contributed by atoms with Crippen LogP contribution in [0.5, 0.6) is 0 Å². The molecular formula is C68H89N9O15S2. The van der Waals surface area contributed by atoms with E-state index >= 15 is 19.2 Å². The molecule has 0 radical (unpaired) electrons. The fourth-order valence-corrected chi connectivity index (χ4v) is 13.9. The van der Waals surface area contributed by atoms with Crippen molar-refractivity contribution in [3.8, 4) is 0 Å². The van der Waals surface area contributed by atoms with Crippen LogP contribution in [0.4, 0.5) is 4.79 Å². The Morgan fingerprint density at radius 1 is 0.702 bits per heavy atom. The Hall–Kier alpha value is -7.91. The molecule has 1 saturated carbocycles. The van der Waals surface area contributed by atoms with Crippen LogP contribution in [-0.2, 0) is 71.9 Å². The second kappa shape index (κ2) is 35.6. The predicted octanol–water partition coefficient (Wildman–Crippen LogP) is 3.05. The number of hydrogen-bond acceptors (Lipinski definition) is 17. The molecule has 2 heterocycles. The smallest absolute Gasteiger partial charge is 0.407 e. The maximum Gasteiger partial charge on any atom is 0.407 e. The molecular weight excluding hydrogens is 1250 g/mol. The van der Waals surface area contributed by atoms with E-state index < -0.39 is 138 Å². The number of rotatable bonds is 22. The minimum atomic E-state index is -1.76. The average Bonchev–Trinajstić information content (AvgIpc) is 1.69. The quantitative estimate of drug-likeness (QED) is 0.0391. The SMILES string of the molecule is C[C@@H](O)[C@@H]1NC(=O)[C@H](CCCCNC(=O)OC(C)(C)C)NC(=O)[C@@H](CC2=CCc3ccccc32)NC(=O)[C@H](Cc2ccccc2)CC(=O)[C@@H](NC(=O)[C@@H](Cc2ccccc2)NC(=O)C2CCC(CN3C(=O)C=CC3=O)CC2)CSSC[C@@H](C(=O)N[C@H](CO)[C@@H](C)O)NC1=O. The number of aliphatic hydroxyl groups excluding tert-OH is 3. The number of Topliss-reactive ketones (excluding diaryl/α,β-unsaturated/α-hetero) is 1. The van der Waals surface area contributed by atoms with Crippen molar-refractivity contribution < 1.29 is 72.8 Å². The van der Waals surface area contributed by atoms with Gasteiger partial charge in [-0.1, -0.05) is 113 Å². The summed E-state index contributed by atoms with van der Waals surface area (Å²) in [5, 5.41) is 53.7. The molecule has 0 unspecified atom stereocenters. The molecule has 3 aromatic rings. The zero-order chi connectivity index (χ0) is 68.1. The number of aliphatic hydroxyl groups is 3.